The average molecular weight is 1170 g/mol. The molecule has 0 aliphatic carbocycles. The molecule has 418 valence electrons. The Morgan fingerprint density at radius 1 is 0.180 bits per heavy atom. The summed E-state index contributed by atoms with van der Waals surface area (Å²) in [5, 5.41) is 18.1. The van der Waals surface area contributed by atoms with E-state index in [0.717, 1.165) is 28.1 Å². The number of rotatable bonds is 12. The number of hydrogen-bond donors (Lipinski definition) is 0. The lowest BCUT2D eigenvalue weighted by atomic mass is 9.99. The van der Waals surface area contributed by atoms with Gasteiger partial charge < -0.3 is 13.7 Å². The molecule has 3 aromatic heterocycles. The Hall–Kier alpha value is -11.1. The first kappa shape index (κ1) is 52.3. The van der Waals surface area contributed by atoms with Gasteiger partial charge in [0, 0.05) is 49.4 Å². The van der Waals surface area contributed by atoms with E-state index in [0.29, 0.717) is 0 Å². The van der Waals surface area contributed by atoms with Crippen molar-refractivity contribution in [3.05, 3.63) is 358 Å². The van der Waals surface area contributed by atoms with Gasteiger partial charge in [-0.3, -0.25) is 0 Å². The van der Waals surface area contributed by atoms with Crippen LogP contribution in [-0.4, -0.2) is 29.8 Å². The van der Waals surface area contributed by atoms with Crippen molar-refractivity contribution in [3.63, 3.8) is 0 Å². The minimum absolute atomic E-state index is 1.12. The first-order valence-electron chi connectivity index (χ1n) is 30.8. The summed E-state index contributed by atoms with van der Waals surface area (Å²) in [4.78, 5) is 0. The van der Waals surface area contributed by atoms with E-state index in [1.54, 1.807) is 0 Å². The summed E-state index contributed by atoms with van der Waals surface area (Å²) >= 11 is 0. The van der Waals surface area contributed by atoms with Gasteiger partial charge in [0.05, 0.1) is 33.1 Å². The molecule has 0 bridgehead atoms. The van der Waals surface area contributed by atoms with Gasteiger partial charge >= 0.3 is 0 Å². The molecule has 0 aliphatic rings. The molecule has 5 heteroatoms. The van der Waals surface area contributed by atoms with E-state index in [1.807, 2.05) is 0 Å². The Morgan fingerprint density at radius 2 is 0.506 bits per heavy atom. The molecular weight excluding hydrogens is 1110 g/mol. The molecule has 0 aliphatic heterocycles. The van der Waals surface area contributed by atoms with E-state index in [-0.39, 0.29) is 0 Å². The molecule has 17 rings (SSSR count). The molecule has 3 heterocycles. The van der Waals surface area contributed by atoms with Gasteiger partial charge in [-0.05, 0) is 125 Å². The smallest absolute Gasteiger partial charge is 0.179 e. The quantitative estimate of drug-likeness (QED) is 0.0855. The minimum atomic E-state index is -3.13. The average Bonchev–Trinajstić information content (AvgIpc) is 1.79. The predicted molar refractivity (Wildman–Crippen MR) is 382 cm³/mol. The number of nitrogens with zero attached hydrogens (tertiary/aromatic N) is 3. The summed E-state index contributed by atoms with van der Waals surface area (Å²) < 4.78 is 7.54. The first-order valence-corrected chi connectivity index (χ1v) is 34.8. The second kappa shape index (κ2) is 21.4. The molecule has 0 amide bonds. The van der Waals surface area contributed by atoms with Crippen LogP contribution in [0.1, 0.15) is 0 Å². The maximum atomic E-state index is 2.54. The summed E-state index contributed by atoms with van der Waals surface area (Å²) in [5.41, 5.74) is 12.8. The van der Waals surface area contributed by atoms with Crippen molar-refractivity contribution in [1.82, 2.24) is 13.7 Å². The highest BCUT2D eigenvalue weighted by molar-refractivity contribution is 7.20. The molecule has 3 nitrogen and oxygen atoms in total. The summed E-state index contributed by atoms with van der Waals surface area (Å²) in [5.74, 6) is 0. The van der Waals surface area contributed by atoms with Gasteiger partial charge in [0.2, 0.25) is 0 Å². The minimum Gasteiger partial charge on any atom is -0.309 e. The van der Waals surface area contributed by atoms with Gasteiger partial charge in [0.25, 0.3) is 0 Å². The van der Waals surface area contributed by atoms with Crippen LogP contribution < -0.4 is 41.5 Å². The lowest BCUT2D eigenvalue weighted by molar-refractivity contribution is 1.17. The number of hydrogen-bond acceptors (Lipinski definition) is 0. The second-order valence-electron chi connectivity index (χ2n) is 23.5. The third kappa shape index (κ3) is 8.17. The monoisotopic (exact) mass is 1170 g/mol. The van der Waals surface area contributed by atoms with Crippen LogP contribution >= 0.6 is 0 Å². The van der Waals surface area contributed by atoms with Crippen molar-refractivity contribution in [3.8, 4) is 28.2 Å². The zero-order valence-corrected chi connectivity index (χ0v) is 50.9. The summed E-state index contributed by atoms with van der Waals surface area (Å²) in [6, 6.07) is 135. The maximum absolute atomic E-state index is 3.13. The van der Waals surface area contributed by atoms with Crippen LogP contribution in [0.2, 0.25) is 0 Å². The van der Waals surface area contributed by atoms with Crippen molar-refractivity contribution < 1.29 is 0 Å². The van der Waals surface area contributed by atoms with Crippen molar-refractivity contribution in [2.24, 2.45) is 0 Å². The summed E-state index contributed by atoms with van der Waals surface area (Å²) in [6.45, 7) is 0. The molecule has 0 fully saturated rings. The van der Waals surface area contributed by atoms with Crippen molar-refractivity contribution >= 4 is 123 Å². The third-order valence-electron chi connectivity index (χ3n) is 18.9. The molecule has 0 N–H and O–H groups in total. The number of para-hydroxylation sites is 3. The highest BCUT2D eigenvalue weighted by atomic mass is 28.3. The van der Waals surface area contributed by atoms with Gasteiger partial charge in [-0.25, -0.2) is 0 Å². The Labute approximate surface area is 519 Å². The standard InChI is InChI=1S/C84H59N3Si2/c1-7-28-60(29-8-1)72-47-27-51-82-84(72)77-58-63(87-80-50-24-21-46-75(80)76-54-53-71(59-83(76)87)88(64-32-9-2-10-33-64,65-34-11-3-12-35-65)66-36-13-4-14-37-66)52-55-81(77)86(82)62-31-26-43-70(57-62)89(67-38-15-5-16-39-67,68-40-17-6-18-41-68)69-42-25-30-61(56-69)85-78-48-22-19-44-73(78)74-45-20-23-49-79(74)85/h1-59H. The molecule has 0 saturated carbocycles. The molecular formula is C84H59N3Si2. The molecule has 0 radical (unpaired) electrons. The summed E-state index contributed by atoms with van der Waals surface area (Å²) in [6.07, 6.45) is 0. The van der Waals surface area contributed by atoms with Gasteiger partial charge in [-0.2, -0.15) is 0 Å². The van der Waals surface area contributed by atoms with E-state index in [9.17, 15) is 0 Å². The van der Waals surface area contributed by atoms with E-state index < -0.39 is 16.1 Å². The predicted octanol–water partition coefficient (Wildman–Crippen LogP) is 15.4. The zero-order chi connectivity index (χ0) is 58.9. The van der Waals surface area contributed by atoms with Gasteiger partial charge in [0.1, 0.15) is 0 Å². The van der Waals surface area contributed by atoms with Crippen LogP contribution in [0.25, 0.3) is 93.6 Å². The van der Waals surface area contributed by atoms with Gasteiger partial charge in [0.15, 0.2) is 16.1 Å². The van der Waals surface area contributed by atoms with Crippen LogP contribution in [0, 0.1) is 0 Å². The fourth-order valence-electron chi connectivity index (χ4n) is 15.2. The third-order valence-corrected chi connectivity index (χ3v) is 28.4. The zero-order valence-electron chi connectivity index (χ0n) is 48.9. The van der Waals surface area contributed by atoms with E-state index in [4.69, 9.17) is 0 Å². The molecule has 14 aromatic carbocycles. The molecule has 89 heavy (non-hydrogen) atoms. The Kier molecular flexibility index (Phi) is 12.6. The van der Waals surface area contributed by atoms with Crippen LogP contribution in [0.5, 0.6) is 0 Å². The molecule has 0 unspecified atom stereocenters. The van der Waals surface area contributed by atoms with Crippen LogP contribution in [-0.2, 0) is 0 Å². The molecule has 17 aromatic rings. The number of fused-ring (bicyclic) bond motifs is 9. The van der Waals surface area contributed by atoms with Crippen molar-refractivity contribution in [2.75, 3.05) is 0 Å². The second-order valence-corrected chi connectivity index (χ2v) is 31.1. The summed E-state index contributed by atoms with van der Waals surface area (Å²) in [7, 11) is -6.01. The van der Waals surface area contributed by atoms with Gasteiger partial charge in [-0.1, -0.05) is 285 Å². The Bertz CT molecular complexity index is 5290. The van der Waals surface area contributed by atoms with Crippen LogP contribution in [0.4, 0.5) is 0 Å². The highest BCUT2D eigenvalue weighted by Gasteiger charge is 2.43. The topological polar surface area (TPSA) is 14.8 Å². The van der Waals surface area contributed by atoms with Crippen LogP contribution in [0.15, 0.2) is 358 Å². The fourth-order valence-corrected chi connectivity index (χ4v) is 24.8. The first-order chi connectivity index (χ1) is 44.2. The number of benzene rings is 14. The molecule has 0 spiro atoms. The molecule has 0 saturated heterocycles. The highest BCUT2D eigenvalue weighted by Crippen LogP contribution is 2.41. The Balaban J connectivity index is 0.912. The van der Waals surface area contributed by atoms with Crippen molar-refractivity contribution in [2.45, 2.75) is 0 Å². The molecule has 0 atom stereocenters. The normalized spacial score (nSPS) is 12.0. The lowest BCUT2D eigenvalue weighted by Crippen LogP contribution is -2.74. The fraction of sp³-hybridized carbons (Fsp3) is 0. The van der Waals surface area contributed by atoms with Gasteiger partial charge in [-0.15, -0.1) is 0 Å². The maximum Gasteiger partial charge on any atom is 0.179 e. The lowest BCUT2D eigenvalue weighted by Gasteiger charge is -2.35. The van der Waals surface area contributed by atoms with E-state index >= 15 is 0 Å². The SMILES string of the molecule is c1ccc(-c2cccc3c2c2cc(-n4c5ccccc5c5ccc([Si](c6ccccc6)(c6ccccc6)c6ccccc6)cc54)ccc2n3-c2cccc([Si](c3ccccc3)(c3ccccc3)c3cccc(-n4c5ccccc5c5ccccc54)c3)c2)cc1. The Morgan fingerprint density at radius 3 is 0.978 bits per heavy atom. The van der Waals surface area contributed by atoms with Crippen molar-refractivity contribution in [1.29, 1.82) is 0 Å². The largest absolute Gasteiger partial charge is 0.309 e. The van der Waals surface area contributed by atoms with Crippen LogP contribution in [0.3, 0.4) is 0 Å². The van der Waals surface area contributed by atoms with E-state index in [2.05, 4.69) is 372 Å². The van der Waals surface area contributed by atoms with E-state index in [1.165, 1.54) is 107 Å². The number of aromatic nitrogens is 3.